The van der Waals surface area contributed by atoms with Crippen molar-refractivity contribution < 1.29 is 31.9 Å². The fourth-order valence-corrected chi connectivity index (χ4v) is 4.36. The van der Waals surface area contributed by atoms with Gasteiger partial charge in [-0.1, -0.05) is 6.07 Å². The molecule has 0 saturated carbocycles. The highest BCUT2D eigenvalue weighted by Gasteiger charge is 2.38. The Labute approximate surface area is 222 Å². The lowest BCUT2D eigenvalue weighted by Crippen LogP contribution is -2.27. The molecule has 3 aromatic heterocycles. The second-order valence-electron chi connectivity index (χ2n) is 8.33. The van der Waals surface area contributed by atoms with Crippen molar-refractivity contribution in [3.8, 4) is 11.1 Å². The van der Waals surface area contributed by atoms with Crippen LogP contribution in [-0.2, 0) is 17.9 Å². The lowest BCUT2D eigenvalue weighted by atomic mass is 10.1. The number of hydrogen-bond donors (Lipinski definition) is 2. The quantitative estimate of drug-likeness (QED) is 0.320. The van der Waals surface area contributed by atoms with Crippen LogP contribution in [0.15, 0.2) is 65.4 Å². The molecular formula is C24H23F5N6O3S. The van der Waals surface area contributed by atoms with Gasteiger partial charge in [-0.2, -0.15) is 27.1 Å². The monoisotopic (exact) mass is 570 g/mol. The first-order valence-electron chi connectivity index (χ1n) is 11.1. The Bertz CT molecular complexity index is 1540. The first-order valence-corrected chi connectivity index (χ1v) is 11.9. The van der Waals surface area contributed by atoms with Crippen molar-refractivity contribution in [2.75, 3.05) is 25.5 Å². The molecule has 208 valence electrons. The Hall–Kier alpha value is -4.11. The molecule has 0 atom stereocenters. The fraction of sp³-hybridized carbons (Fsp3) is 0.250. The molecule has 0 spiro atoms. The van der Waals surface area contributed by atoms with Crippen LogP contribution in [-0.4, -0.2) is 57.2 Å². The number of carboxylic acids is 1. The van der Waals surface area contributed by atoms with Gasteiger partial charge in [0.15, 0.2) is 0 Å². The first-order chi connectivity index (χ1) is 18.3. The summed E-state index contributed by atoms with van der Waals surface area (Å²) in [6.07, 6.45) is -3.75. The third-order valence-corrected chi connectivity index (χ3v) is 6.43. The van der Waals surface area contributed by atoms with E-state index in [1.165, 1.54) is 10.9 Å². The van der Waals surface area contributed by atoms with Gasteiger partial charge in [0, 0.05) is 47.6 Å². The van der Waals surface area contributed by atoms with Crippen molar-refractivity contribution >= 4 is 33.2 Å². The zero-order valence-corrected chi connectivity index (χ0v) is 21.4. The second-order valence-corrected chi connectivity index (χ2v) is 9.50. The molecule has 3 heterocycles. The van der Waals surface area contributed by atoms with Crippen LogP contribution in [0.25, 0.3) is 21.2 Å². The average molecular weight is 571 g/mol. The van der Waals surface area contributed by atoms with Gasteiger partial charge in [0.1, 0.15) is 12.1 Å². The van der Waals surface area contributed by atoms with E-state index in [9.17, 15) is 26.7 Å². The summed E-state index contributed by atoms with van der Waals surface area (Å²) in [4.78, 5) is 28.8. The Morgan fingerprint density at radius 1 is 1.13 bits per heavy atom. The zero-order chi connectivity index (χ0) is 28.9. The predicted octanol–water partition coefficient (Wildman–Crippen LogP) is 4.18. The van der Waals surface area contributed by atoms with Crippen LogP contribution in [0.3, 0.4) is 0 Å². The molecule has 3 N–H and O–H groups in total. The van der Waals surface area contributed by atoms with E-state index in [2.05, 4.69) is 16.1 Å². The minimum Gasteiger partial charge on any atom is -0.475 e. The molecule has 4 rings (SSSR count). The summed E-state index contributed by atoms with van der Waals surface area (Å²) in [6.45, 7) is -0.332. The summed E-state index contributed by atoms with van der Waals surface area (Å²) < 4.78 is 60.9. The van der Waals surface area contributed by atoms with Crippen molar-refractivity contribution in [2.45, 2.75) is 19.3 Å². The molecule has 39 heavy (non-hydrogen) atoms. The number of aliphatic carboxylic acids is 1. The minimum atomic E-state index is -5.08. The van der Waals surface area contributed by atoms with Gasteiger partial charge in [-0.25, -0.2) is 19.3 Å². The van der Waals surface area contributed by atoms with Gasteiger partial charge in [0.2, 0.25) is 0 Å². The van der Waals surface area contributed by atoms with Crippen LogP contribution in [0.1, 0.15) is 4.88 Å². The van der Waals surface area contributed by atoms with Gasteiger partial charge in [0.05, 0.1) is 13.1 Å². The van der Waals surface area contributed by atoms with Crippen molar-refractivity contribution in [3.05, 3.63) is 75.9 Å². The van der Waals surface area contributed by atoms with E-state index in [4.69, 9.17) is 15.6 Å². The molecule has 0 radical (unpaired) electrons. The lowest BCUT2D eigenvalue weighted by Gasteiger charge is -2.11. The number of pyridine rings is 1. The number of nitrogens with zero attached hydrogens (tertiary/aromatic N) is 5. The van der Waals surface area contributed by atoms with Crippen LogP contribution in [0.2, 0.25) is 0 Å². The smallest absolute Gasteiger partial charge is 0.475 e. The number of hydrogen-bond acceptors (Lipinski definition) is 7. The van der Waals surface area contributed by atoms with Crippen molar-refractivity contribution in [3.63, 3.8) is 0 Å². The van der Waals surface area contributed by atoms with E-state index in [1.54, 1.807) is 11.3 Å². The summed E-state index contributed by atoms with van der Waals surface area (Å²) in [5.74, 6) is -1.87. The van der Waals surface area contributed by atoms with E-state index >= 15 is 0 Å². The summed E-state index contributed by atoms with van der Waals surface area (Å²) in [5.41, 5.74) is 6.64. The number of thiophene rings is 1. The Morgan fingerprint density at radius 3 is 2.33 bits per heavy atom. The number of anilines is 1. The largest absolute Gasteiger partial charge is 0.490 e. The number of aromatic nitrogens is 4. The molecule has 0 aliphatic heterocycles. The van der Waals surface area contributed by atoms with Gasteiger partial charge >= 0.3 is 17.8 Å². The van der Waals surface area contributed by atoms with Crippen LogP contribution in [0, 0.1) is 0 Å². The Balaban J connectivity index is 0.000000532. The maximum absolute atomic E-state index is 12.8. The third-order valence-electron chi connectivity index (χ3n) is 5.33. The standard InChI is InChI=1S/C22H22F2N6OS.C2HF3O2/c1-28(2)20-6-4-15(10-26-20)14-3-5-19-16(7-14)8-18(32-19)12-29-13-27-30(22(29)31)11-17(9-25)21(23)24;3-2(4,5)1(6)7/h3-8,10,13H,9,11-12,25H2,1-2H3;(H,6,7). The topological polar surface area (TPSA) is 119 Å². The number of halogens is 5. The van der Waals surface area contributed by atoms with E-state index in [-0.39, 0.29) is 18.7 Å². The van der Waals surface area contributed by atoms with Crippen LogP contribution < -0.4 is 16.3 Å². The molecule has 0 amide bonds. The number of carboxylic acid groups (broad SMARTS) is 1. The number of fused-ring (bicyclic) bond motifs is 1. The predicted molar refractivity (Wildman–Crippen MR) is 137 cm³/mol. The summed E-state index contributed by atoms with van der Waals surface area (Å²) in [7, 11) is 3.90. The lowest BCUT2D eigenvalue weighted by molar-refractivity contribution is -0.192. The third kappa shape index (κ3) is 7.48. The van der Waals surface area contributed by atoms with E-state index < -0.39 is 23.9 Å². The maximum atomic E-state index is 12.8. The molecule has 0 saturated heterocycles. The maximum Gasteiger partial charge on any atom is 0.490 e. The normalized spacial score (nSPS) is 11.2. The molecule has 1 aromatic carbocycles. The minimum absolute atomic E-state index is 0.306. The molecule has 0 unspecified atom stereocenters. The number of nitrogens with two attached hydrogens (primary N) is 1. The number of rotatable bonds is 7. The first kappa shape index (κ1) is 29.4. The summed E-state index contributed by atoms with van der Waals surface area (Å²) >= 11 is 1.58. The molecule has 0 aliphatic carbocycles. The van der Waals surface area contributed by atoms with Gasteiger partial charge in [0.25, 0.3) is 6.08 Å². The molecule has 0 bridgehead atoms. The average Bonchev–Trinajstić information content (AvgIpc) is 3.44. The van der Waals surface area contributed by atoms with E-state index in [0.29, 0.717) is 6.54 Å². The second kappa shape index (κ2) is 12.2. The summed E-state index contributed by atoms with van der Waals surface area (Å²) in [5, 5.41) is 12.1. The summed E-state index contributed by atoms with van der Waals surface area (Å²) in [6, 6.07) is 12.2. The number of benzene rings is 1. The number of carbonyl (C=O) groups is 1. The molecule has 0 fully saturated rings. The van der Waals surface area contributed by atoms with Crippen molar-refractivity contribution in [1.29, 1.82) is 0 Å². The zero-order valence-electron chi connectivity index (χ0n) is 20.6. The van der Waals surface area contributed by atoms with E-state index in [0.717, 1.165) is 36.6 Å². The van der Waals surface area contributed by atoms with Gasteiger partial charge < -0.3 is 15.7 Å². The highest BCUT2D eigenvalue weighted by Crippen LogP contribution is 2.31. The van der Waals surface area contributed by atoms with Crippen LogP contribution in [0.5, 0.6) is 0 Å². The molecule has 4 aromatic rings. The van der Waals surface area contributed by atoms with Crippen LogP contribution >= 0.6 is 11.3 Å². The van der Waals surface area contributed by atoms with Crippen molar-refractivity contribution in [2.24, 2.45) is 5.73 Å². The van der Waals surface area contributed by atoms with Gasteiger partial charge in [-0.3, -0.25) is 4.57 Å². The highest BCUT2D eigenvalue weighted by atomic mass is 32.1. The molecule has 9 nitrogen and oxygen atoms in total. The van der Waals surface area contributed by atoms with Crippen molar-refractivity contribution in [1.82, 2.24) is 19.3 Å². The van der Waals surface area contributed by atoms with Gasteiger partial charge in [-0.05, 0) is 41.3 Å². The highest BCUT2D eigenvalue weighted by molar-refractivity contribution is 7.19. The molecule has 0 aliphatic rings. The van der Waals surface area contributed by atoms with Gasteiger partial charge in [-0.15, -0.1) is 11.3 Å². The Kier molecular flexibility index (Phi) is 9.19. The van der Waals surface area contributed by atoms with Crippen LogP contribution in [0.4, 0.5) is 27.8 Å². The molecule has 15 heteroatoms. The molecular weight excluding hydrogens is 547 g/mol. The van der Waals surface area contributed by atoms with E-state index in [1.807, 2.05) is 55.5 Å². The SMILES string of the molecule is CN(C)c1ccc(-c2ccc3sc(Cn4cnn(CC(CN)=C(F)F)c4=O)cc3c2)cn1.O=C(O)C(F)(F)F. The fourth-order valence-electron chi connectivity index (χ4n) is 3.32. The number of alkyl halides is 3. The Morgan fingerprint density at radius 2 is 1.79 bits per heavy atom.